The van der Waals surface area contributed by atoms with Gasteiger partial charge in [0.15, 0.2) is 5.82 Å². The van der Waals surface area contributed by atoms with Gasteiger partial charge in [0.05, 0.1) is 5.69 Å². The smallest absolute Gasteiger partial charge is 0.317 e. The van der Waals surface area contributed by atoms with E-state index in [1.54, 1.807) is 4.90 Å². The van der Waals surface area contributed by atoms with Gasteiger partial charge >= 0.3 is 6.03 Å². The van der Waals surface area contributed by atoms with Crippen LogP contribution in [0.15, 0.2) is 42.5 Å². The van der Waals surface area contributed by atoms with E-state index in [9.17, 15) is 9.59 Å². The number of nitrogens with one attached hydrogen (secondary N) is 1. The fraction of sp³-hybridized carbons (Fsp3) is 0.478. The number of aromatic nitrogens is 2. The third-order valence-electron chi connectivity index (χ3n) is 5.20. The maximum Gasteiger partial charge on any atom is 0.317 e. The van der Waals surface area contributed by atoms with Gasteiger partial charge in [-0.15, -0.1) is 10.2 Å². The van der Waals surface area contributed by atoms with Crippen LogP contribution in [0, 0.1) is 5.92 Å². The van der Waals surface area contributed by atoms with Crippen molar-refractivity contribution in [2.45, 2.75) is 20.8 Å². The molecule has 1 saturated heterocycles. The summed E-state index contributed by atoms with van der Waals surface area (Å²) < 4.78 is 0. The molecule has 0 unspecified atom stereocenters. The van der Waals surface area contributed by atoms with Crippen molar-refractivity contribution in [2.75, 3.05) is 50.7 Å². The van der Waals surface area contributed by atoms with Crippen LogP contribution in [0.5, 0.6) is 0 Å². The molecule has 166 valence electrons. The van der Waals surface area contributed by atoms with E-state index in [0.29, 0.717) is 45.2 Å². The third-order valence-corrected chi connectivity index (χ3v) is 5.20. The van der Waals surface area contributed by atoms with Gasteiger partial charge in [-0.1, -0.05) is 44.2 Å². The van der Waals surface area contributed by atoms with Crippen molar-refractivity contribution in [3.05, 3.63) is 42.5 Å². The van der Waals surface area contributed by atoms with Crippen LogP contribution in [0.3, 0.4) is 0 Å². The topological polar surface area (TPSA) is 81.7 Å². The molecule has 1 aliphatic heterocycles. The molecular formula is C23H32N6O2. The zero-order valence-electron chi connectivity index (χ0n) is 18.6. The number of anilines is 1. The lowest BCUT2D eigenvalue weighted by atomic mass is 10.1. The molecule has 8 heteroatoms. The van der Waals surface area contributed by atoms with Gasteiger partial charge in [-0.05, 0) is 25.0 Å². The summed E-state index contributed by atoms with van der Waals surface area (Å²) in [6.45, 7) is 9.76. The molecule has 1 aromatic carbocycles. The molecule has 8 nitrogen and oxygen atoms in total. The monoisotopic (exact) mass is 424 g/mol. The Balaban J connectivity index is 1.54. The minimum absolute atomic E-state index is 0.0166. The standard InChI is InChI=1S/C23H32N6O2/c1-4-24-23(31)29(16-18(2)3)17-22(30)28-14-12-27(13-15-28)21-11-10-20(25-26-21)19-8-6-5-7-9-19/h5-11,18H,4,12-17H2,1-3H3,(H,24,31). The Bertz CT molecular complexity index is 848. The van der Waals surface area contributed by atoms with Crippen molar-refractivity contribution in [3.63, 3.8) is 0 Å². The number of urea groups is 1. The third kappa shape index (κ3) is 6.16. The molecule has 3 rings (SSSR count). The maximum absolute atomic E-state index is 12.8. The second-order valence-corrected chi connectivity index (χ2v) is 8.12. The normalized spacial score (nSPS) is 13.9. The SMILES string of the molecule is CCNC(=O)N(CC(=O)N1CCN(c2ccc(-c3ccccc3)nn2)CC1)CC(C)C. The van der Waals surface area contributed by atoms with Crippen molar-refractivity contribution < 1.29 is 9.59 Å². The van der Waals surface area contributed by atoms with Gasteiger partial charge in [0.1, 0.15) is 6.54 Å². The van der Waals surface area contributed by atoms with Crippen molar-refractivity contribution in [1.29, 1.82) is 0 Å². The molecule has 0 bridgehead atoms. The van der Waals surface area contributed by atoms with Crippen LogP contribution >= 0.6 is 0 Å². The summed E-state index contributed by atoms with van der Waals surface area (Å²) in [6, 6.07) is 13.7. The van der Waals surface area contributed by atoms with Crippen LogP contribution in [0.1, 0.15) is 20.8 Å². The molecule has 1 aliphatic rings. The molecule has 1 fully saturated rings. The van der Waals surface area contributed by atoms with Gasteiger partial charge < -0.3 is 20.0 Å². The largest absolute Gasteiger partial charge is 0.352 e. The molecule has 3 amide bonds. The van der Waals surface area contributed by atoms with Gasteiger partial charge in [0.25, 0.3) is 0 Å². The number of hydrogen-bond donors (Lipinski definition) is 1. The summed E-state index contributed by atoms with van der Waals surface area (Å²) in [6.07, 6.45) is 0. The highest BCUT2D eigenvalue weighted by atomic mass is 16.2. The van der Waals surface area contributed by atoms with E-state index in [2.05, 4.69) is 20.4 Å². The lowest BCUT2D eigenvalue weighted by Gasteiger charge is -2.36. The molecule has 1 N–H and O–H groups in total. The van der Waals surface area contributed by atoms with Crippen LogP contribution in [-0.4, -0.2) is 77.7 Å². The fourth-order valence-electron chi connectivity index (χ4n) is 3.63. The van der Waals surface area contributed by atoms with E-state index in [1.807, 2.05) is 68.1 Å². The number of piperazine rings is 1. The molecule has 2 heterocycles. The summed E-state index contributed by atoms with van der Waals surface area (Å²) in [7, 11) is 0. The fourth-order valence-corrected chi connectivity index (χ4v) is 3.63. The van der Waals surface area contributed by atoms with Crippen LogP contribution in [-0.2, 0) is 4.79 Å². The first-order valence-corrected chi connectivity index (χ1v) is 10.9. The summed E-state index contributed by atoms with van der Waals surface area (Å²) in [5, 5.41) is 11.5. The summed E-state index contributed by atoms with van der Waals surface area (Å²) in [5.41, 5.74) is 1.88. The van der Waals surface area contributed by atoms with Crippen molar-refractivity contribution in [1.82, 2.24) is 25.3 Å². The minimum Gasteiger partial charge on any atom is -0.352 e. The van der Waals surface area contributed by atoms with Gasteiger partial charge in [0.2, 0.25) is 5.91 Å². The lowest BCUT2D eigenvalue weighted by molar-refractivity contribution is -0.132. The molecule has 0 radical (unpaired) electrons. The average molecular weight is 425 g/mol. The highest BCUT2D eigenvalue weighted by Crippen LogP contribution is 2.19. The molecule has 0 saturated carbocycles. The number of hydrogen-bond acceptors (Lipinski definition) is 5. The first-order valence-electron chi connectivity index (χ1n) is 10.9. The van der Waals surface area contributed by atoms with E-state index in [0.717, 1.165) is 17.1 Å². The van der Waals surface area contributed by atoms with Gasteiger partial charge in [-0.25, -0.2) is 4.79 Å². The van der Waals surface area contributed by atoms with Gasteiger partial charge in [0, 0.05) is 44.8 Å². The molecule has 0 spiro atoms. The Morgan fingerprint density at radius 2 is 1.74 bits per heavy atom. The van der Waals surface area contributed by atoms with Crippen LogP contribution in [0.25, 0.3) is 11.3 Å². The number of carbonyl (C=O) groups excluding carboxylic acids is 2. The highest BCUT2D eigenvalue weighted by molar-refractivity contribution is 5.84. The van der Waals surface area contributed by atoms with Crippen molar-refractivity contribution in [3.8, 4) is 11.3 Å². The Morgan fingerprint density at radius 3 is 2.32 bits per heavy atom. The predicted octanol–water partition coefficient (Wildman–Crippen LogP) is 2.48. The van der Waals surface area contributed by atoms with Crippen LogP contribution in [0.2, 0.25) is 0 Å². The Morgan fingerprint density at radius 1 is 1.03 bits per heavy atom. The Labute approximate surface area is 184 Å². The number of nitrogens with zero attached hydrogens (tertiary/aromatic N) is 5. The lowest BCUT2D eigenvalue weighted by Crippen LogP contribution is -2.53. The van der Waals surface area contributed by atoms with Crippen LogP contribution < -0.4 is 10.2 Å². The molecule has 1 aromatic heterocycles. The maximum atomic E-state index is 12.8. The summed E-state index contributed by atoms with van der Waals surface area (Å²) >= 11 is 0. The quantitative estimate of drug-likeness (QED) is 0.739. The van der Waals surface area contributed by atoms with Crippen molar-refractivity contribution >= 4 is 17.8 Å². The van der Waals surface area contributed by atoms with Crippen LogP contribution in [0.4, 0.5) is 10.6 Å². The number of rotatable bonds is 7. The number of carbonyl (C=O) groups is 2. The Kier molecular flexibility index (Phi) is 7.81. The average Bonchev–Trinajstić information content (AvgIpc) is 2.79. The summed E-state index contributed by atoms with van der Waals surface area (Å²) in [4.78, 5) is 30.7. The Hall–Kier alpha value is -3.16. The van der Waals surface area contributed by atoms with E-state index < -0.39 is 0 Å². The second-order valence-electron chi connectivity index (χ2n) is 8.12. The highest BCUT2D eigenvalue weighted by Gasteiger charge is 2.25. The van der Waals surface area contributed by atoms with E-state index in [1.165, 1.54) is 0 Å². The van der Waals surface area contributed by atoms with E-state index in [-0.39, 0.29) is 18.5 Å². The second kappa shape index (κ2) is 10.7. The zero-order valence-corrected chi connectivity index (χ0v) is 18.6. The predicted molar refractivity (Wildman–Crippen MR) is 122 cm³/mol. The number of amides is 3. The molecular weight excluding hydrogens is 392 g/mol. The zero-order chi connectivity index (χ0) is 22.2. The van der Waals surface area contributed by atoms with Gasteiger partial charge in [-0.3, -0.25) is 4.79 Å². The molecule has 0 atom stereocenters. The van der Waals surface area contributed by atoms with Crippen molar-refractivity contribution in [2.24, 2.45) is 5.92 Å². The molecule has 0 aliphatic carbocycles. The van der Waals surface area contributed by atoms with Gasteiger partial charge in [-0.2, -0.15) is 0 Å². The molecule has 31 heavy (non-hydrogen) atoms. The minimum atomic E-state index is -0.183. The number of benzene rings is 1. The first-order chi connectivity index (χ1) is 15.0. The van der Waals surface area contributed by atoms with E-state index >= 15 is 0 Å². The molecule has 2 aromatic rings. The first kappa shape index (κ1) is 22.5. The van der Waals surface area contributed by atoms with E-state index in [4.69, 9.17) is 0 Å². The summed E-state index contributed by atoms with van der Waals surface area (Å²) in [5.74, 6) is 1.09.